The molecule has 3 rings (SSSR count). The van der Waals surface area contributed by atoms with Gasteiger partial charge in [-0.25, -0.2) is 4.79 Å². The van der Waals surface area contributed by atoms with Gasteiger partial charge in [-0.15, -0.1) is 0 Å². The monoisotopic (exact) mass is 522 g/mol. The summed E-state index contributed by atoms with van der Waals surface area (Å²) in [7, 11) is 0. The highest BCUT2D eigenvalue weighted by Gasteiger charge is 2.35. The van der Waals surface area contributed by atoms with Crippen molar-refractivity contribution in [2.75, 3.05) is 30.3 Å². The summed E-state index contributed by atoms with van der Waals surface area (Å²) in [5, 5.41) is 6.69. The highest BCUT2D eigenvalue weighted by Crippen LogP contribution is 2.38. The van der Waals surface area contributed by atoms with Crippen molar-refractivity contribution in [1.82, 2.24) is 10.2 Å². The van der Waals surface area contributed by atoms with Gasteiger partial charge in [0.2, 0.25) is 5.91 Å². The Morgan fingerprint density at radius 3 is 2.39 bits per heavy atom. The number of nitrogens with one attached hydrogen (secondary N) is 3. The number of amides is 4. The zero-order valence-corrected chi connectivity index (χ0v) is 18.9. The molecule has 1 heterocycles. The Morgan fingerprint density at radius 1 is 1.00 bits per heavy atom. The second-order valence-electron chi connectivity index (χ2n) is 6.95. The lowest BCUT2D eigenvalue weighted by molar-refractivity contribution is -0.137. The smallest absolute Gasteiger partial charge is 0.354 e. The third kappa shape index (κ3) is 6.01. The molecule has 0 aliphatic carbocycles. The van der Waals surface area contributed by atoms with Crippen LogP contribution < -0.4 is 16.0 Å². The molecule has 0 saturated carbocycles. The fourth-order valence-corrected chi connectivity index (χ4v) is 3.71. The van der Waals surface area contributed by atoms with Crippen LogP contribution in [0.2, 0.25) is 15.1 Å². The molecule has 13 heteroatoms. The lowest BCUT2D eigenvalue weighted by Gasteiger charge is -2.23. The predicted molar refractivity (Wildman–Crippen MR) is 119 cm³/mol. The fourth-order valence-electron chi connectivity index (χ4n) is 3.09. The standard InChI is InChI=1S/C20H16Cl3F3N4O3/c21-12-2-1-3-14(17(12)23)28-19(33)29-15-9-11(20(24,25)26)13(22)8-10(15)18(32)30-6-4-16(31)27-5-7-30/h1-3,8-9H,4-7H2,(H,27,31)(H2,28,29,33). The second kappa shape index (κ2) is 10.1. The number of hydrogen-bond acceptors (Lipinski definition) is 3. The molecule has 0 radical (unpaired) electrons. The maximum absolute atomic E-state index is 13.4. The van der Waals surface area contributed by atoms with E-state index in [0.29, 0.717) is 6.07 Å². The summed E-state index contributed by atoms with van der Waals surface area (Å²) in [6, 6.07) is 4.89. The summed E-state index contributed by atoms with van der Waals surface area (Å²) in [5.74, 6) is -0.954. The topological polar surface area (TPSA) is 90.5 Å². The van der Waals surface area contributed by atoms with Crippen LogP contribution >= 0.6 is 34.8 Å². The van der Waals surface area contributed by atoms with E-state index in [-0.39, 0.29) is 53.3 Å². The van der Waals surface area contributed by atoms with Gasteiger partial charge in [-0.2, -0.15) is 13.2 Å². The molecule has 4 amide bonds. The molecule has 0 unspecified atom stereocenters. The van der Waals surface area contributed by atoms with Crippen LogP contribution in [0, 0.1) is 0 Å². The number of carbonyl (C=O) groups excluding carboxylic acids is 3. The van der Waals surface area contributed by atoms with Crippen molar-refractivity contribution in [1.29, 1.82) is 0 Å². The number of anilines is 2. The highest BCUT2D eigenvalue weighted by molar-refractivity contribution is 6.44. The molecular weight excluding hydrogens is 508 g/mol. The van der Waals surface area contributed by atoms with Crippen LogP contribution in [-0.2, 0) is 11.0 Å². The van der Waals surface area contributed by atoms with E-state index in [4.69, 9.17) is 34.8 Å². The molecule has 1 aliphatic heterocycles. The quantitative estimate of drug-likeness (QED) is 0.512. The first-order chi connectivity index (χ1) is 15.5. The van der Waals surface area contributed by atoms with Crippen LogP contribution in [0.4, 0.5) is 29.3 Å². The maximum atomic E-state index is 13.4. The number of alkyl halides is 3. The van der Waals surface area contributed by atoms with Crippen LogP contribution in [0.15, 0.2) is 30.3 Å². The van der Waals surface area contributed by atoms with Gasteiger partial charge in [0.25, 0.3) is 5.91 Å². The van der Waals surface area contributed by atoms with Crippen molar-refractivity contribution in [3.63, 3.8) is 0 Å². The zero-order valence-electron chi connectivity index (χ0n) is 16.7. The van der Waals surface area contributed by atoms with E-state index in [0.717, 1.165) is 6.07 Å². The first-order valence-electron chi connectivity index (χ1n) is 9.46. The average Bonchev–Trinajstić information content (AvgIpc) is 2.95. The minimum Gasteiger partial charge on any atom is -0.354 e. The minimum atomic E-state index is -4.83. The molecule has 176 valence electrons. The molecule has 0 bridgehead atoms. The first-order valence-corrected chi connectivity index (χ1v) is 10.6. The number of urea groups is 1. The van der Waals surface area contributed by atoms with Gasteiger partial charge in [0.05, 0.1) is 37.6 Å². The number of halogens is 6. The lowest BCUT2D eigenvalue weighted by Crippen LogP contribution is -2.35. The summed E-state index contributed by atoms with van der Waals surface area (Å²) in [6.07, 6.45) is -4.81. The van der Waals surface area contributed by atoms with Gasteiger partial charge < -0.3 is 20.9 Å². The van der Waals surface area contributed by atoms with E-state index in [1.165, 1.54) is 23.1 Å². The molecule has 7 nitrogen and oxygen atoms in total. The van der Waals surface area contributed by atoms with E-state index < -0.39 is 34.4 Å². The molecule has 3 N–H and O–H groups in total. The van der Waals surface area contributed by atoms with E-state index in [2.05, 4.69) is 16.0 Å². The summed E-state index contributed by atoms with van der Waals surface area (Å²) < 4.78 is 40.2. The van der Waals surface area contributed by atoms with Gasteiger partial charge >= 0.3 is 12.2 Å². The number of nitrogens with zero attached hydrogens (tertiary/aromatic N) is 1. The average molecular weight is 524 g/mol. The molecule has 0 aromatic heterocycles. The predicted octanol–water partition coefficient (Wildman–Crippen LogP) is 5.27. The van der Waals surface area contributed by atoms with Crippen molar-refractivity contribution < 1.29 is 27.6 Å². The van der Waals surface area contributed by atoms with Crippen LogP contribution in [0.5, 0.6) is 0 Å². The third-order valence-corrected chi connectivity index (χ3v) is 5.82. The van der Waals surface area contributed by atoms with Crippen LogP contribution in [0.25, 0.3) is 0 Å². The molecule has 0 atom stereocenters. The van der Waals surface area contributed by atoms with Gasteiger partial charge in [-0.05, 0) is 24.3 Å². The molecule has 1 saturated heterocycles. The zero-order chi connectivity index (χ0) is 24.3. The van der Waals surface area contributed by atoms with E-state index in [1.807, 2.05) is 0 Å². The Labute approximate surface area is 201 Å². The first kappa shape index (κ1) is 24.9. The third-order valence-electron chi connectivity index (χ3n) is 4.69. The van der Waals surface area contributed by atoms with Crippen molar-refractivity contribution in [2.24, 2.45) is 0 Å². The highest BCUT2D eigenvalue weighted by atomic mass is 35.5. The minimum absolute atomic E-state index is 0.0244. The van der Waals surface area contributed by atoms with Crippen LogP contribution in [0.3, 0.4) is 0 Å². The largest absolute Gasteiger partial charge is 0.417 e. The maximum Gasteiger partial charge on any atom is 0.417 e. The van der Waals surface area contributed by atoms with Gasteiger partial charge in [0.1, 0.15) is 0 Å². The Bertz CT molecular complexity index is 1110. The van der Waals surface area contributed by atoms with E-state index in [1.54, 1.807) is 0 Å². The van der Waals surface area contributed by atoms with Gasteiger partial charge in [-0.3, -0.25) is 9.59 Å². The molecule has 2 aromatic carbocycles. The Balaban J connectivity index is 1.95. The van der Waals surface area contributed by atoms with Crippen molar-refractivity contribution in [3.8, 4) is 0 Å². The number of hydrogen-bond donors (Lipinski definition) is 3. The number of benzene rings is 2. The Morgan fingerprint density at radius 2 is 1.70 bits per heavy atom. The lowest BCUT2D eigenvalue weighted by atomic mass is 10.1. The van der Waals surface area contributed by atoms with E-state index in [9.17, 15) is 27.6 Å². The SMILES string of the molecule is O=C1CCN(C(=O)c2cc(Cl)c(C(F)(F)F)cc2NC(=O)Nc2cccc(Cl)c2Cl)CCN1. The molecule has 1 fully saturated rings. The van der Waals surface area contributed by atoms with Gasteiger partial charge in [-0.1, -0.05) is 40.9 Å². The Hall–Kier alpha value is -2.69. The molecule has 1 aliphatic rings. The van der Waals surface area contributed by atoms with Crippen LogP contribution in [-0.4, -0.2) is 42.4 Å². The molecule has 2 aromatic rings. The van der Waals surface area contributed by atoms with E-state index >= 15 is 0 Å². The normalized spacial score (nSPS) is 14.4. The summed E-state index contributed by atoms with van der Waals surface area (Å²) >= 11 is 17.7. The van der Waals surface area contributed by atoms with Gasteiger partial charge in [0.15, 0.2) is 0 Å². The second-order valence-corrected chi connectivity index (χ2v) is 8.14. The summed E-state index contributed by atoms with van der Waals surface area (Å²) in [5.41, 5.74) is -1.81. The van der Waals surface area contributed by atoms with Crippen molar-refractivity contribution in [2.45, 2.75) is 12.6 Å². The van der Waals surface area contributed by atoms with Gasteiger partial charge in [0, 0.05) is 26.1 Å². The molecular formula is C20H16Cl3F3N4O3. The number of carbonyl (C=O) groups is 3. The van der Waals surface area contributed by atoms with Crippen molar-refractivity contribution >= 4 is 64.0 Å². The number of rotatable bonds is 3. The summed E-state index contributed by atoms with van der Waals surface area (Å²) in [4.78, 5) is 38.4. The van der Waals surface area contributed by atoms with Crippen LogP contribution in [0.1, 0.15) is 22.3 Å². The molecule has 0 spiro atoms. The molecule has 33 heavy (non-hydrogen) atoms. The summed E-state index contributed by atoms with van der Waals surface area (Å²) in [6.45, 7) is 0.357. The van der Waals surface area contributed by atoms with Crippen molar-refractivity contribution in [3.05, 3.63) is 56.5 Å². The Kier molecular flexibility index (Phi) is 7.61. The fraction of sp³-hybridized carbons (Fsp3) is 0.250.